The lowest BCUT2D eigenvalue weighted by molar-refractivity contribution is -0.385. The Balaban J connectivity index is 2.85. The second-order valence-electron chi connectivity index (χ2n) is 5.86. The Bertz CT molecular complexity index is 533. The Morgan fingerprint density at radius 1 is 1.25 bits per heavy atom. The van der Waals surface area contributed by atoms with Crippen LogP contribution in [0.15, 0.2) is 12.1 Å². The number of amides is 1. The molecule has 0 aromatic heterocycles. The summed E-state index contributed by atoms with van der Waals surface area (Å²) in [5.41, 5.74) is 1.71. The molecule has 2 N–H and O–H groups in total. The normalized spacial score (nSPS) is 11.2. The highest BCUT2D eigenvalue weighted by Crippen LogP contribution is 2.26. The molecule has 0 aliphatic carbocycles. The molecular weight excluding hydrogens is 258 g/mol. The number of carbonyl (C=O) groups excluding carboxylic acids is 1. The summed E-state index contributed by atoms with van der Waals surface area (Å²) < 4.78 is 0. The number of carbonyl (C=O) groups is 1. The van der Waals surface area contributed by atoms with E-state index >= 15 is 0 Å². The van der Waals surface area contributed by atoms with E-state index in [1.54, 1.807) is 13.0 Å². The highest BCUT2D eigenvalue weighted by Gasteiger charge is 2.16. The van der Waals surface area contributed by atoms with Gasteiger partial charge in [-0.1, -0.05) is 0 Å². The van der Waals surface area contributed by atoms with Crippen molar-refractivity contribution in [1.29, 1.82) is 0 Å². The van der Waals surface area contributed by atoms with Crippen LogP contribution in [-0.4, -0.2) is 22.9 Å². The molecule has 0 bridgehead atoms. The topological polar surface area (TPSA) is 84.3 Å². The number of nitrogens with one attached hydrogen (secondary N) is 2. The SMILES string of the molecule is Cc1cc(C)c([N+](=O)[O-])cc1NC(=O)CNC(C)(C)C. The lowest BCUT2D eigenvalue weighted by Gasteiger charge is -2.20. The van der Waals surface area contributed by atoms with Crippen molar-refractivity contribution in [2.75, 3.05) is 11.9 Å². The van der Waals surface area contributed by atoms with E-state index in [9.17, 15) is 14.9 Å². The van der Waals surface area contributed by atoms with Crippen LogP contribution in [0.5, 0.6) is 0 Å². The lowest BCUT2D eigenvalue weighted by atomic mass is 10.1. The maximum atomic E-state index is 11.8. The van der Waals surface area contributed by atoms with Gasteiger partial charge >= 0.3 is 0 Å². The fourth-order valence-corrected chi connectivity index (χ4v) is 1.71. The molecule has 0 saturated carbocycles. The molecule has 20 heavy (non-hydrogen) atoms. The zero-order valence-corrected chi connectivity index (χ0v) is 12.5. The summed E-state index contributed by atoms with van der Waals surface area (Å²) in [6.07, 6.45) is 0. The number of anilines is 1. The van der Waals surface area contributed by atoms with E-state index in [0.29, 0.717) is 11.3 Å². The fourth-order valence-electron chi connectivity index (χ4n) is 1.71. The van der Waals surface area contributed by atoms with Crippen LogP contribution in [0.3, 0.4) is 0 Å². The zero-order chi connectivity index (χ0) is 15.5. The summed E-state index contributed by atoms with van der Waals surface area (Å²) in [5.74, 6) is -0.221. The Hall–Kier alpha value is -1.95. The van der Waals surface area contributed by atoms with E-state index in [0.717, 1.165) is 5.56 Å². The minimum Gasteiger partial charge on any atom is -0.324 e. The average Bonchev–Trinajstić information content (AvgIpc) is 2.28. The van der Waals surface area contributed by atoms with Crippen LogP contribution in [0.2, 0.25) is 0 Å². The molecule has 6 nitrogen and oxygen atoms in total. The van der Waals surface area contributed by atoms with Crippen molar-refractivity contribution in [2.24, 2.45) is 0 Å². The van der Waals surface area contributed by atoms with Gasteiger partial charge in [0.05, 0.1) is 17.2 Å². The van der Waals surface area contributed by atoms with Gasteiger partial charge in [0.15, 0.2) is 0 Å². The molecule has 0 unspecified atom stereocenters. The minimum absolute atomic E-state index is 0.00896. The second-order valence-corrected chi connectivity index (χ2v) is 5.86. The standard InChI is InChI=1S/C14H21N3O3/c1-9-6-10(2)12(17(19)20)7-11(9)16-13(18)8-15-14(3,4)5/h6-7,15H,8H2,1-5H3,(H,16,18). The van der Waals surface area contributed by atoms with E-state index in [1.807, 2.05) is 27.7 Å². The maximum Gasteiger partial charge on any atom is 0.274 e. The molecular formula is C14H21N3O3. The molecule has 0 aliphatic rings. The Kier molecular flexibility index (Phi) is 4.83. The molecule has 1 aromatic carbocycles. The van der Waals surface area contributed by atoms with Gasteiger partial charge in [-0.15, -0.1) is 0 Å². The quantitative estimate of drug-likeness (QED) is 0.655. The van der Waals surface area contributed by atoms with E-state index in [4.69, 9.17) is 0 Å². The Morgan fingerprint density at radius 2 is 1.85 bits per heavy atom. The zero-order valence-electron chi connectivity index (χ0n) is 12.5. The number of benzene rings is 1. The molecule has 0 fully saturated rings. The van der Waals surface area contributed by atoms with Crippen molar-refractivity contribution in [3.63, 3.8) is 0 Å². The molecule has 0 atom stereocenters. The van der Waals surface area contributed by atoms with Gasteiger partial charge in [0.1, 0.15) is 0 Å². The molecule has 1 rings (SSSR count). The maximum absolute atomic E-state index is 11.8. The number of nitro groups is 1. The molecule has 0 radical (unpaired) electrons. The minimum atomic E-state index is -0.447. The van der Waals surface area contributed by atoms with Crippen molar-refractivity contribution in [3.8, 4) is 0 Å². The summed E-state index contributed by atoms with van der Waals surface area (Å²) in [6.45, 7) is 9.53. The molecule has 0 heterocycles. The first-order valence-corrected chi connectivity index (χ1v) is 6.40. The van der Waals surface area contributed by atoms with Gasteiger partial charge in [-0.3, -0.25) is 14.9 Å². The first-order chi connectivity index (χ1) is 9.10. The molecule has 0 spiro atoms. The first kappa shape index (κ1) is 16.1. The van der Waals surface area contributed by atoms with E-state index in [1.165, 1.54) is 6.07 Å². The largest absolute Gasteiger partial charge is 0.324 e. The van der Waals surface area contributed by atoms with Crippen LogP contribution in [-0.2, 0) is 4.79 Å². The van der Waals surface area contributed by atoms with Crippen molar-refractivity contribution in [2.45, 2.75) is 40.2 Å². The van der Waals surface area contributed by atoms with Gasteiger partial charge in [-0.05, 0) is 46.2 Å². The predicted molar refractivity (Wildman–Crippen MR) is 79.0 cm³/mol. The van der Waals surface area contributed by atoms with Crippen LogP contribution in [0.1, 0.15) is 31.9 Å². The third-order valence-corrected chi connectivity index (χ3v) is 2.79. The number of aryl methyl sites for hydroxylation is 2. The number of nitro benzene ring substituents is 1. The third-order valence-electron chi connectivity index (χ3n) is 2.79. The van der Waals surface area contributed by atoms with Gasteiger partial charge in [0.2, 0.25) is 5.91 Å². The number of hydrogen-bond acceptors (Lipinski definition) is 4. The molecule has 110 valence electrons. The van der Waals surface area contributed by atoms with Crippen LogP contribution in [0.25, 0.3) is 0 Å². The van der Waals surface area contributed by atoms with Crippen LogP contribution < -0.4 is 10.6 Å². The second kappa shape index (κ2) is 6.00. The summed E-state index contributed by atoms with van der Waals surface area (Å²) >= 11 is 0. The Labute approximate surface area is 118 Å². The van der Waals surface area contributed by atoms with Crippen LogP contribution >= 0.6 is 0 Å². The summed E-state index contributed by atoms with van der Waals surface area (Å²) in [7, 11) is 0. The van der Waals surface area contributed by atoms with Crippen molar-refractivity contribution >= 4 is 17.3 Å². The molecule has 6 heteroatoms. The van der Waals surface area contributed by atoms with Crippen molar-refractivity contribution in [1.82, 2.24) is 5.32 Å². The van der Waals surface area contributed by atoms with Crippen LogP contribution in [0, 0.1) is 24.0 Å². The molecule has 0 aliphatic heterocycles. The number of nitrogens with zero attached hydrogens (tertiary/aromatic N) is 1. The average molecular weight is 279 g/mol. The highest BCUT2D eigenvalue weighted by molar-refractivity contribution is 5.93. The summed E-state index contributed by atoms with van der Waals surface area (Å²) in [4.78, 5) is 22.3. The molecule has 1 aromatic rings. The van der Waals surface area contributed by atoms with Crippen molar-refractivity contribution in [3.05, 3.63) is 33.4 Å². The van der Waals surface area contributed by atoms with E-state index in [2.05, 4.69) is 10.6 Å². The lowest BCUT2D eigenvalue weighted by Crippen LogP contribution is -2.41. The Morgan fingerprint density at radius 3 is 2.35 bits per heavy atom. The van der Waals surface area contributed by atoms with Crippen LogP contribution in [0.4, 0.5) is 11.4 Å². The molecule has 0 saturated heterocycles. The summed E-state index contributed by atoms with van der Waals surface area (Å²) in [5, 5.41) is 16.7. The van der Waals surface area contributed by atoms with Gasteiger partial charge in [0.25, 0.3) is 5.69 Å². The monoisotopic (exact) mass is 279 g/mol. The predicted octanol–water partition coefficient (Wildman–Crippen LogP) is 2.54. The van der Waals surface area contributed by atoms with Gasteiger partial charge < -0.3 is 10.6 Å². The smallest absolute Gasteiger partial charge is 0.274 e. The van der Waals surface area contributed by atoms with Gasteiger partial charge in [-0.25, -0.2) is 0 Å². The number of rotatable bonds is 4. The first-order valence-electron chi connectivity index (χ1n) is 6.40. The fraction of sp³-hybridized carbons (Fsp3) is 0.500. The van der Waals surface area contributed by atoms with Gasteiger partial charge in [-0.2, -0.15) is 0 Å². The summed E-state index contributed by atoms with van der Waals surface area (Å²) in [6, 6.07) is 3.10. The highest BCUT2D eigenvalue weighted by atomic mass is 16.6. The van der Waals surface area contributed by atoms with Gasteiger partial charge in [0, 0.05) is 17.2 Å². The molecule has 1 amide bonds. The van der Waals surface area contributed by atoms with E-state index in [-0.39, 0.29) is 23.7 Å². The number of hydrogen-bond donors (Lipinski definition) is 2. The third kappa shape index (κ3) is 4.62. The van der Waals surface area contributed by atoms with Crippen molar-refractivity contribution < 1.29 is 9.72 Å². The van der Waals surface area contributed by atoms with E-state index < -0.39 is 4.92 Å².